The number of halogens is 2. The molecule has 0 aliphatic carbocycles. The first kappa shape index (κ1) is 40.0. The lowest BCUT2D eigenvalue weighted by molar-refractivity contribution is 0.0266. The predicted molar refractivity (Wildman–Crippen MR) is 210 cm³/mol. The van der Waals surface area contributed by atoms with Gasteiger partial charge in [0.1, 0.15) is 34.9 Å². The Balaban J connectivity index is 1.23. The number of ether oxygens (including phenoxy) is 4. The molecule has 0 aromatic heterocycles. The Morgan fingerprint density at radius 2 is 1.16 bits per heavy atom. The second-order valence-corrected chi connectivity index (χ2v) is 16.3. The van der Waals surface area contributed by atoms with Crippen LogP contribution in [0.25, 0.3) is 22.3 Å². The average molecular weight is 770 g/mol. The third kappa shape index (κ3) is 10.1. The number of anilines is 1. The van der Waals surface area contributed by atoms with Crippen molar-refractivity contribution in [2.24, 2.45) is 0 Å². The van der Waals surface area contributed by atoms with Crippen LogP contribution < -0.4 is 14.8 Å². The lowest BCUT2D eigenvalue weighted by Gasteiger charge is -2.24. The van der Waals surface area contributed by atoms with Gasteiger partial charge in [0.25, 0.3) is 5.91 Å². The van der Waals surface area contributed by atoms with Gasteiger partial charge in [0.15, 0.2) is 11.6 Å². The first-order chi connectivity index (χ1) is 26.4. The van der Waals surface area contributed by atoms with E-state index in [0.29, 0.717) is 60.8 Å². The van der Waals surface area contributed by atoms with E-state index in [4.69, 9.17) is 18.9 Å². The van der Waals surface area contributed by atoms with Gasteiger partial charge in [0, 0.05) is 48.3 Å². The Labute approximate surface area is 326 Å². The van der Waals surface area contributed by atoms with Gasteiger partial charge in [0.05, 0.1) is 13.1 Å². The second-order valence-electron chi connectivity index (χ2n) is 16.3. The Morgan fingerprint density at radius 3 is 1.70 bits per heavy atom. The Kier molecular flexibility index (Phi) is 11.6. The van der Waals surface area contributed by atoms with Gasteiger partial charge in [-0.3, -0.25) is 4.79 Å². The number of carbonyl (C=O) groups excluding carboxylic acids is 3. The molecular weight excluding hydrogens is 720 g/mol. The Morgan fingerprint density at radius 1 is 0.643 bits per heavy atom. The number of aryl methyl sites for hydroxylation is 1. The average Bonchev–Trinajstić information content (AvgIpc) is 3.80. The largest absolute Gasteiger partial charge is 0.488 e. The highest BCUT2D eigenvalue weighted by molar-refractivity contribution is 6.05. The maximum Gasteiger partial charge on any atom is 0.410 e. The van der Waals surface area contributed by atoms with Crippen LogP contribution >= 0.6 is 0 Å². The van der Waals surface area contributed by atoms with Gasteiger partial charge < -0.3 is 34.1 Å². The highest BCUT2D eigenvalue weighted by Crippen LogP contribution is 2.37. The van der Waals surface area contributed by atoms with Gasteiger partial charge in [-0.1, -0.05) is 35.9 Å². The number of nitrogens with zero attached hydrogens (tertiary/aromatic N) is 2. The van der Waals surface area contributed by atoms with Crippen LogP contribution in [0.5, 0.6) is 11.5 Å². The molecule has 0 radical (unpaired) electrons. The number of hydrogen-bond acceptors (Lipinski definition) is 7. The van der Waals surface area contributed by atoms with Crippen LogP contribution in [0.3, 0.4) is 0 Å². The van der Waals surface area contributed by atoms with Gasteiger partial charge in [-0.25, -0.2) is 18.4 Å². The van der Waals surface area contributed by atoms with E-state index in [-0.39, 0.29) is 24.3 Å². The molecule has 0 saturated carbocycles. The summed E-state index contributed by atoms with van der Waals surface area (Å²) in [4.78, 5) is 42.4. The molecule has 10 nitrogen and oxygen atoms in total. The van der Waals surface area contributed by atoms with E-state index in [1.165, 1.54) is 6.07 Å². The van der Waals surface area contributed by atoms with Gasteiger partial charge in [-0.15, -0.1) is 0 Å². The molecule has 0 unspecified atom stereocenters. The molecule has 6 rings (SSSR count). The van der Waals surface area contributed by atoms with E-state index >= 15 is 0 Å². The fraction of sp³-hybridized carbons (Fsp3) is 0.386. The van der Waals surface area contributed by atoms with Crippen molar-refractivity contribution in [3.63, 3.8) is 0 Å². The quantitative estimate of drug-likeness (QED) is 0.190. The molecule has 56 heavy (non-hydrogen) atoms. The first-order valence-corrected chi connectivity index (χ1v) is 18.8. The number of nitrogens with one attached hydrogen (secondary N) is 1. The van der Waals surface area contributed by atoms with Crippen molar-refractivity contribution >= 4 is 23.8 Å². The molecule has 2 aliphatic heterocycles. The fourth-order valence-corrected chi connectivity index (χ4v) is 6.53. The van der Waals surface area contributed by atoms with E-state index in [9.17, 15) is 23.2 Å². The van der Waals surface area contributed by atoms with Crippen molar-refractivity contribution in [2.45, 2.75) is 84.7 Å². The van der Waals surface area contributed by atoms with Crippen LogP contribution in [-0.2, 0) is 9.47 Å². The number of carbonyl (C=O) groups is 3. The highest BCUT2D eigenvalue weighted by Gasteiger charge is 2.33. The zero-order valence-electron chi connectivity index (χ0n) is 32.9. The molecule has 2 atom stereocenters. The van der Waals surface area contributed by atoms with E-state index in [2.05, 4.69) is 5.32 Å². The molecule has 2 saturated heterocycles. The van der Waals surface area contributed by atoms with Crippen LogP contribution in [0.15, 0.2) is 78.9 Å². The van der Waals surface area contributed by atoms with Crippen LogP contribution in [0.1, 0.15) is 70.3 Å². The summed E-state index contributed by atoms with van der Waals surface area (Å²) in [6.07, 6.45) is -0.303. The predicted octanol–water partition coefficient (Wildman–Crippen LogP) is 9.64. The molecule has 12 heteroatoms. The zero-order valence-corrected chi connectivity index (χ0v) is 32.9. The van der Waals surface area contributed by atoms with Crippen molar-refractivity contribution in [3.05, 3.63) is 102 Å². The Bertz CT molecular complexity index is 2090. The van der Waals surface area contributed by atoms with Crippen molar-refractivity contribution in [3.8, 4) is 33.8 Å². The lowest BCUT2D eigenvalue weighted by Crippen LogP contribution is -2.36. The van der Waals surface area contributed by atoms with Gasteiger partial charge in [0.2, 0.25) is 0 Å². The van der Waals surface area contributed by atoms with Crippen molar-refractivity contribution in [1.29, 1.82) is 0 Å². The number of benzene rings is 4. The molecule has 3 amide bonds. The molecule has 4 aromatic rings. The minimum atomic E-state index is -1.04. The monoisotopic (exact) mass is 769 g/mol. The summed E-state index contributed by atoms with van der Waals surface area (Å²) in [5.74, 6) is -1.53. The number of hydrogen-bond donors (Lipinski definition) is 1. The first-order valence-electron chi connectivity index (χ1n) is 18.8. The highest BCUT2D eigenvalue weighted by atomic mass is 19.2. The maximum absolute atomic E-state index is 14.5. The summed E-state index contributed by atoms with van der Waals surface area (Å²) in [5, 5.41) is 2.98. The third-order valence-electron chi connectivity index (χ3n) is 9.25. The number of amides is 3. The van der Waals surface area contributed by atoms with E-state index in [0.717, 1.165) is 28.8 Å². The maximum atomic E-state index is 14.5. The van der Waals surface area contributed by atoms with E-state index < -0.39 is 40.9 Å². The second kappa shape index (κ2) is 16.2. The smallest absolute Gasteiger partial charge is 0.410 e. The summed E-state index contributed by atoms with van der Waals surface area (Å²) in [7, 11) is 0. The molecule has 1 N–H and O–H groups in total. The minimum Gasteiger partial charge on any atom is -0.488 e. The number of likely N-dealkylation sites (tertiary alicyclic amines) is 2. The van der Waals surface area contributed by atoms with Gasteiger partial charge in [-0.05, 0) is 108 Å². The van der Waals surface area contributed by atoms with Crippen molar-refractivity contribution in [1.82, 2.24) is 9.80 Å². The Hall–Kier alpha value is -5.65. The summed E-state index contributed by atoms with van der Waals surface area (Å²) in [6, 6.07) is 21.6. The van der Waals surface area contributed by atoms with Crippen molar-refractivity contribution in [2.75, 3.05) is 31.5 Å². The molecule has 4 aromatic carbocycles. The van der Waals surface area contributed by atoms with Crippen LogP contribution in [0.2, 0.25) is 0 Å². The SMILES string of the molecule is Cc1ccc(-c2cc(NC(=O)c3ccc(O[C@H]4CCN(C(=O)OC(C)(C)C)C4)c(-c4ccc(F)c(F)c4)c3)ccc2O[C@H]2CCN(C(=O)OC(C)(C)C)C2)cc1. The summed E-state index contributed by atoms with van der Waals surface area (Å²) in [6.45, 7) is 14.5. The molecule has 0 spiro atoms. The van der Waals surface area contributed by atoms with Crippen LogP contribution in [-0.4, -0.2) is 77.5 Å². The standard InChI is InChI=1S/C44H49F2N3O7/c1-27-8-10-28(11-9-27)35-24-31(14-17-39(35)54-33-19-21-49(26-33)42(52)56-44(5,6)7)47-40(50)30-13-16-38(34(22-30)29-12-15-36(45)37(46)23-29)53-32-18-20-48(25-32)41(51)55-43(2,3)4/h8-17,22-24,32-33H,18-21,25-26H2,1-7H3,(H,47,50)/t32-,33-/m0/s1. The molecule has 2 heterocycles. The summed E-state index contributed by atoms with van der Waals surface area (Å²) < 4.78 is 52.4. The summed E-state index contributed by atoms with van der Waals surface area (Å²) >= 11 is 0. The molecule has 0 bridgehead atoms. The van der Waals surface area contributed by atoms with E-state index in [1.807, 2.05) is 58.0 Å². The topological polar surface area (TPSA) is 107 Å². The normalized spacial score (nSPS) is 17.1. The minimum absolute atomic E-state index is 0.254. The third-order valence-corrected chi connectivity index (χ3v) is 9.25. The summed E-state index contributed by atoms with van der Waals surface area (Å²) in [5.41, 5.74) is 2.92. The molecule has 2 aliphatic rings. The molecule has 296 valence electrons. The molecular formula is C44H49F2N3O7. The number of rotatable bonds is 8. The zero-order chi connectivity index (χ0) is 40.4. The van der Waals surface area contributed by atoms with Crippen LogP contribution in [0, 0.1) is 18.6 Å². The fourth-order valence-electron chi connectivity index (χ4n) is 6.53. The molecule has 2 fully saturated rings. The van der Waals surface area contributed by atoms with E-state index in [1.54, 1.807) is 60.9 Å². The van der Waals surface area contributed by atoms with Gasteiger partial charge in [-0.2, -0.15) is 0 Å². The van der Waals surface area contributed by atoms with Crippen LogP contribution in [0.4, 0.5) is 24.1 Å². The van der Waals surface area contributed by atoms with Crippen molar-refractivity contribution < 1.29 is 42.1 Å². The van der Waals surface area contributed by atoms with Gasteiger partial charge >= 0.3 is 12.2 Å². The lowest BCUT2D eigenvalue weighted by atomic mass is 10.0.